The summed E-state index contributed by atoms with van der Waals surface area (Å²) in [5.41, 5.74) is -1.04. The summed E-state index contributed by atoms with van der Waals surface area (Å²) in [5, 5.41) is 0. The number of nitrogens with zero attached hydrogens (tertiary/aromatic N) is 2. The molecule has 8 heteroatoms. The molecule has 0 aliphatic carbocycles. The summed E-state index contributed by atoms with van der Waals surface area (Å²) >= 11 is 3.05. The van der Waals surface area contributed by atoms with Gasteiger partial charge in [-0.05, 0) is 15.9 Å². The maximum absolute atomic E-state index is 11.9. The van der Waals surface area contributed by atoms with E-state index in [1.165, 1.54) is 20.4 Å². The van der Waals surface area contributed by atoms with Crippen LogP contribution in [-0.2, 0) is 27.4 Å². The molecule has 0 saturated heterocycles. The quantitative estimate of drug-likeness (QED) is 0.689. The normalized spacial score (nSPS) is 10.4. The van der Waals surface area contributed by atoms with Crippen LogP contribution in [0.25, 0.3) is 0 Å². The smallest absolute Gasteiger partial charge is 0.331 e. The molecule has 1 aromatic heterocycles. The van der Waals surface area contributed by atoms with Gasteiger partial charge < -0.3 is 9.47 Å². The number of hydrogen-bond acceptors (Lipinski definition) is 5. The van der Waals surface area contributed by atoms with Gasteiger partial charge >= 0.3 is 11.7 Å². The van der Waals surface area contributed by atoms with Crippen molar-refractivity contribution < 1.29 is 14.3 Å². The lowest BCUT2D eigenvalue weighted by atomic mass is 10.5. The molecule has 0 aromatic carbocycles. The third kappa shape index (κ3) is 3.30. The molecule has 0 saturated carbocycles. The van der Waals surface area contributed by atoms with Crippen LogP contribution < -0.4 is 11.2 Å². The number of esters is 1. The monoisotopic (exact) mass is 320 g/mol. The van der Waals surface area contributed by atoms with Crippen LogP contribution in [0.15, 0.2) is 20.3 Å². The van der Waals surface area contributed by atoms with E-state index in [0.29, 0.717) is 0 Å². The van der Waals surface area contributed by atoms with Crippen molar-refractivity contribution in [3.8, 4) is 0 Å². The first-order valence-electron chi connectivity index (χ1n) is 5.06. The highest BCUT2D eigenvalue weighted by atomic mass is 79.9. The third-order valence-corrected chi connectivity index (χ3v) is 2.79. The van der Waals surface area contributed by atoms with Crippen LogP contribution in [0.4, 0.5) is 0 Å². The third-order valence-electron chi connectivity index (χ3n) is 2.24. The summed E-state index contributed by atoms with van der Waals surface area (Å²) < 4.78 is 11.6. The summed E-state index contributed by atoms with van der Waals surface area (Å²) in [5.74, 6) is -0.569. The zero-order valence-electron chi connectivity index (χ0n) is 10.0. The molecule has 0 N–H and O–H groups in total. The van der Waals surface area contributed by atoms with E-state index >= 15 is 0 Å². The fourth-order valence-corrected chi connectivity index (χ4v) is 1.78. The summed E-state index contributed by atoms with van der Waals surface area (Å²) in [4.78, 5) is 34.8. The standard InChI is InChI=1S/C10H13BrN2O5/c1-17-4-3-13-9(15)7(11)5-12(10(13)16)6-8(14)18-2/h5H,3-4,6H2,1-2H3. The van der Waals surface area contributed by atoms with Crippen molar-refractivity contribution in [2.24, 2.45) is 0 Å². The second-order valence-corrected chi connectivity index (χ2v) is 4.27. The van der Waals surface area contributed by atoms with Gasteiger partial charge in [0.2, 0.25) is 0 Å². The molecule has 7 nitrogen and oxygen atoms in total. The number of methoxy groups -OCH3 is 2. The van der Waals surface area contributed by atoms with E-state index in [0.717, 1.165) is 9.13 Å². The Labute approximate surface area is 111 Å². The molecule has 0 aliphatic heterocycles. The maximum Gasteiger partial charge on any atom is 0.331 e. The van der Waals surface area contributed by atoms with Crippen LogP contribution in [0.2, 0.25) is 0 Å². The summed E-state index contributed by atoms with van der Waals surface area (Å²) in [6, 6.07) is 0. The Kier molecular flexibility index (Phi) is 5.29. The molecule has 0 unspecified atom stereocenters. The highest BCUT2D eigenvalue weighted by molar-refractivity contribution is 9.10. The topological polar surface area (TPSA) is 79.5 Å². The first-order chi connectivity index (χ1) is 8.51. The Bertz CT molecular complexity index is 548. The average molecular weight is 321 g/mol. The molecule has 0 aliphatic rings. The zero-order chi connectivity index (χ0) is 13.7. The van der Waals surface area contributed by atoms with Gasteiger partial charge in [-0.2, -0.15) is 0 Å². The van der Waals surface area contributed by atoms with E-state index in [-0.39, 0.29) is 24.2 Å². The minimum absolute atomic E-state index is 0.120. The number of carbonyl (C=O) groups excluding carboxylic acids is 1. The SMILES string of the molecule is COCCn1c(=O)c(Br)cn(CC(=O)OC)c1=O. The van der Waals surface area contributed by atoms with Crippen molar-refractivity contribution in [3.05, 3.63) is 31.5 Å². The minimum Gasteiger partial charge on any atom is -0.468 e. The van der Waals surface area contributed by atoms with Crippen LogP contribution in [0.5, 0.6) is 0 Å². The zero-order valence-corrected chi connectivity index (χ0v) is 11.6. The molecule has 18 heavy (non-hydrogen) atoms. The highest BCUT2D eigenvalue weighted by Gasteiger charge is 2.12. The molecule has 0 bridgehead atoms. The van der Waals surface area contributed by atoms with Gasteiger partial charge in [-0.1, -0.05) is 0 Å². The number of carbonyl (C=O) groups is 1. The Morgan fingerprint density at radius 3 is 2.61 bits per heavy atom. The molecule has 1 aromatic rings. The van der Waals surface area contributed by atoms with E-state index < -0.39 is 17.2 Å². The molecule has 1 heterocycles. The van der Waals surface area contributed by atoms with Gasteiger partial charge in [-0.25, -0.2) is 4.79 Å². The van der Waals surface area contributed by atoms with Crippen molar-refractivity contribution in [2.45, 2.75) is 13.1 Å². The first-order valence-corrected chi connectivity index (χ1v) is 5.86. The number of hydrogen-bond donors (Lipinski definition) is 0. The lowest BCUT2D eigenvalue weighted by molar-refractivity contribution is -0.141. The van der Waals surface area contributed by atoms with E-state index in [1.54, 1.807) is 0 Å². The summed E-state index contributed by atoms with van der Waals surface area (Å²) in [6.07, 6.45) is 1.27. The van der Waals surface area contributed by atoms with Gasteiger partial charge in [-0.3, -0.25) is 18.7 Å². The molecule has 0 fully saturated rings. The van der Waals surface area contributed by atoms with E-state index in [2.05, 4.69) is 20.7 Å². The van der Waals surface area contributed by atoms with Crippen LogP contribution in [0.1, 0.15) is 0 Å². The number of aromatic nitrogens is 2. The molecular weight excluding hydrogens is 308 g/mol. The fourth-order valence-electron chi connectivity index (χ4n) is 1.31. The van der Waals surface area contributed by atoms with Gasteiger partial charge in [0, 0.05) is 13.3 Å². The molecular formula is C10H13BrN2O5. The molecule has 1 rings (SSSR count). The van der Waals surface area contributed by atoms with Crippen molar-refractivity contribution in [1.29, 1.82) is 0 Å². The summed E-state index contributed by atoms with van der Waals surface area (Å²) in [7, 11) is 2.69. The van der Waals surface area contributed by atoms with Gasteiger partial charge in [0.1, 0.15) is 6.54 Å². The van der Waals surface area contributed by atoms with Gasteiger partial charge in [0.15, 0.2) is 0 Å². The fraction of sp³-hybridized carbons (Fsp3) is 0.500. The largest absolute Gasteiger partial charge is 0.468 e. The Morgan fingerprint density at radius 1 is 1.39 bits per heavy atom. The van der Waals surface area contributed by atoms with E-state index in [9.17, 15) is 14.4 Å². The second-order valence-electron chi connectivity index (χ2n) is 3.41. The molecule has 0 radical (unpaired) electrons. The predicted molar refractivity (Wildman–Crippen MR) is 66.6 cm³/mol. The maximum atomic E-state index is 11.9. The molecule has 0 amide bonds. The van der Waals surface area contributed by atoms with Crippen molar-refractivity contribution in [1.82, 2.24) is 9.13 Å². The Morgan fingerprint density at radius 2 is 2.06 bits per heavy atom. The number of ether oxygens (including phenoxy) is 2. The van der Waals surface area contributed by atoms with Crippen molar-refractivity contribution in [2.75, 3.05) is 20.8 Å². The van der Waals surface area contributed by atoms with Gasteiger partial charge in [-0.15, -0.1) is 0 Å². The number of rotatable bonds is 5. The van der Waals surface area contributed by atoms with Gasteiger partial charge in [0.25, 0.3) is 5.56 Å². The summed E-state index contributed by atoms with van der Waals surface area (Å²) in [6.45, 7) is 0.0970. The van der Waals surface area contributed by atoms with Crippen LogP contribution in [0, 0.1) is 0 Å². The molecule has 100 valence electrons. The second kappa shape index (κ2) is 6.50. The number of halogens is 1. The minimum atomic E-state index is -0.578. The predicted octanol–water partition coefficient (Wildman–Crippen LogP) is -0.408. The Balaban J connectivity index is 3.22. The average Bonchev–Trinajstić information content (AvgIpc) is 2.35. The lowest BCUT2D eigenvalue weighted by Crippen LogP contribution is -2.41. The highest BCUT2D eigenvalue weighted by Crippen LogP contribution is 1.99. The van der Waals surface area contributed by atoms with E-state index in [1.807, 2.05) is 0 Å². The van der Waals surface area contributed by atoms with Crippen LogP contribution >= 0.6 is 15.9 Å². The van der Waals surface area contributed by atoms with Crippen LogP contribution in [0.3, 0.4) is 0 Å². The molecule has 0 atom stereocenters. The van der Waals surface area contributed by atoms with Gasteiger partial charge in [0.05, 0.1) is 24.7 Å². The lowest BCUT2D eigenvalue weighted by Gasteiger charge is -2.09. The molecule has 0 spiro atoms. The van der Waals surface area contributed by atoms with Crippen molar-refractivity contribution >= 4 is 21.9 Å². The van der Waals surface area contributed by atoms with Crippen LogP contribution in [-0.4, -0.2) is 35.9 Å². The first kappa shape index (κ1) is 14.7. The van der Waals surface area contributed by atoms with Crippen molar-refractivity contribution in [3.63, 3.8) is 0 Å². The Hall–Kier alpha value is -1.41. The van der Waals surface area contributed by atoms with E-state index in [4.69, 9.17) is 4.74 Å².